The van der Waals surface area contributed by atoms with E-state index in [-0.39, 0.29) is 40.4 Å². The van der Waals surface area contributed by atoms with Crippen molar-refractivity contribution < 1.29 is 67.7 Å². The number of anilines is 1. The summed E-state index contributed by atoms with van der Waals surface area (Å²) in [6.07, 6.45) is -2.09. The van der Waals surface area contributed by atoms with Crippen LogP contribution in [0, 0.1) is 29.1 Å². The highest BCUT2D eigenvalue weighted by molar-refractivity contribution is 7.89. The molecule has 1 heterocycles. The molecule has 58 heavy (non-hydrogen) atoms. The molecule has 1 N–H and O–H groups in total. The molecule has 4 aromatic rings. The number of nitrogens with zero attached hydrogens (tertiary/aromatic N) is 3. The zero-order valence-electron chi connectivity index (χ0n) is 31.4. The lowest BCUT2D eigenvalue weighted by Crippen LogP contribution is -2.43. The Morgan fingerprint density at radius 2 is 1.53 bits per heavy atom. The van der Waals surface area contributed by atoms with Crippen molar-refractivity contribution in [3.05, 3.63) is 117 Å². The molecule has 1 aliphatic carbocycles. The van der Waals surface area contributed by atoms with Gasteiger partial charge in [0.25, 0.3) is 0 Å². The fourth-order valence-electron chi connectivity index (χ4n) is 6.06. The van der Waals surface area contributed by atoms with Crippen LogP contribution in [0.25, 0.3) is 0 Å². The zero-order valence-corrected chi connectivity index (χ0v) is 32.2. The predicted molar refractivity (Wildman–Crippen MR) is 192 cm³/mol. The Morgan fingerprint density at radius 1 is 0.897 bits per heavy atom. The van der Waals surface area contributed by atoms with Crippen LogP contribution >= 0.6 is 0 Å². The van der Waals surface area contributed by atoms with Crippen molar-refractivity contribution in [1.29, 1.82) is 0 Å². The number of ether oxygens (including phenoxy) is 2. The number of esters is 1. The number of sulfonamides is 1. The highest BCUT2D eigenvalue weighted by Crippen LogP contribution is 2.43. The average Bonchev–Trinajstić information content (AvgIpc) is 4.02. The Kier molecular flexibility index (Phi) is 12.9. The van der Waals surface area contributed by atoms with E-state index in [9.17, 15) is 44.3 Å². The maximum Gasteiger partial charge on any atom is 0.416 e. The van der Waals surface area contributed by atoms with E-state index in [0.717, 1.165) is 48.2 Å². The molecule has 1 saturated carbocycles. The minimum absolute atomic E-state index is 0.112. The Morgan fingerprint density at radius 3 is 2.10 bits per heavy atom. The summed E-state index contributed by atoms with van der Waals surface area (Å²) in [6, 6.07) is 9.62. The standard InChI is InChI=1S/C39H37F8N3O7S/c1-38(2,3)26-14-21(13-24(15-26)22-5-6-22)18-50(28-8-7-23(16-29(28)56-4)37(53)57-12-11-51)30(52)20-49(19-25-17-48-10-9-27(25)39(45,46)47)58(54,55)36-34(43)32(41)31(40)33(42)35(36)44/h7-10,13-17,22,51H,5-6,11-12,18-20H2,1-4H3. The Bertz CT molecular complexity index is 2300. The van der Waals surface area contributed by atoms with E-state index in [1.807, 2.05) is 26.8 Å². The molecule has 1 aromatic heterocycles. The van der Waals surface area contributed by atoms with E-state index in [4.69, 9.17) is 14.6 Å². The smallest absolute Gasteiger partial charge is 0.416 e. The SMILES string of the molecule is COc1cc(C(=O)OCCO)ccc1N(Cc1cc(C2CC2)cc(C(C)(C)C)c1)C(=O)CN(Cc1cnccc1C(F)(F)F)S(=O)(=O)c1c(F)c(F)c(F)c(F)c1F. The van der Waals surface area contributed by atoms with E-state index in [0.29, 0.717) is 17.8 Å². The average molecular weight is 844 g/mol. The molecule has 0 atom stereocenters. The second-order valence-electron chi connectivity index (χ2n) is 14.4. The van der Waals surface area contributed by atoms with Gasteiger partial charge in [-0.05, 0) is 70.7 Å². The molecule has 0 saturated heterocycles. The second kappa shape index (κ2) is 17.0. The van der Waals surface area contributed by atoms with E-state index >= 15 is 8.78 Å². The van der Waals surface area contributed by atoms with Gasteiger partial charge in [0, 0.05) is 18.9 Å². The third kappa shape index (κ3) is 9.42. The molecule has 1 fully saturated rings. The fraction of sp³-hybridized carbons (Fsp3) is 0.359. The molecule has 1 aliphatic rings. The number of rotatable bonds is 14. The van der Waals surface area contributed by atoms with Gasteiger partial charge in [0.1, 0.15) is 12.4 Å². The highest BCUT2D eigenvalue weighted by Gasteiger charge is 2.41. The lowest BCUT2D eigenvalue weighted by atomic mass is 9.84. The molecule has 5 rings (SSSR count). The van der Waals surface area contributed by atoms with Gasteiger partial charge in [-0.1, -0.05) is 39.0 Å². The topological polar surface area (TPSA) is 126 Å². The summed E-state index contributed by atoms with van der Waals surface area (Å²) in [7, 11) is -4.90. The Hall–Kier alpha value is -5.14. The minimum Gasteiger partial charge on any atom is -0.495 e. The summed E-state index contributed by atoms with van der Waals surface area (Å²) in [5, 5.41) is 9.08. The first-order chi connectivity index (χ1) is 27.1. The third-order valence-corrected chi connectivity index (χ3v) is 11.0. The number of hydrogen-bond donors (Lipinski definition) is 1. The lowest BCUT2D eigenvalue weighted by molar-refractivity contribution is -0.138. The molecule has 19 heteroatoms. The first-order valence-electron chi connectivity index (χ1n) is 17.5. The van der Waals surface area contributed by atoms with Gasteiger partial charge in [0.05, 0.1) is 43.6 Å². The van der Waals surface area contributed by atoms with Crippen LogP contribution in [-0.2, 0) is 44.2 Å². The molecule has 312 valence electrons. The number of carbonyl (C=O) groups excluding carboxylic acids is 2. The fourth-order valence-corrected chi connectivity index (χ4v) is 7.54. The Labute approximate surface area is 328 Å². The number of methoxy groups -OCH3 is 1. The van der Waals surface area contributed by atoms with E-state index in [2.05, 4.69) is 4.98 Å². The molecular weight excluding hydrogens is 806 g/mol. The number of benzene rings is 3. The van der Waals surface area contributed by atoms with Crippen molar-refractivity contribution in [1.82, 2.24) is 9.29 Å². The Balaban J connectivity index is 1.70. The number of carbonyl (C=O) groups is 2. The van der Waals surface area contributed by atoms with Crippen LogP contribution in [0.5, 0.6) is 5.75 Å². The number of halogens is 8. The molecule has 0 spiro atoms. The number of aromatic nitrogens is 1. The molecule has 0 unspecified atom stereocenters. The number of hydrogen-bond acceptors (Lipinski definition) is 8. The monoisotopic (exact) mass is 843 g/mol. The van der Waals surface area contributed by atoms with Crippen molar-refractivity contribution in [3.8, 4) is 5.75 Å². The van der Waals surface area contributed by atoms with E-state index < -0.39 is 98.3 Å². The number of amides is 1. The molecule has 0 bridgehead atoms. The number of aliphatic hydroxyl groups excluding tert-OH is 1. The van der Waals surface area contributed by atoms with Crippen LogP contribution in [0.4, 0.5) is 40.8 Å². The maximum atomic E-state index is 15.2. The number of pyridine rings is 1. The summed E-state index contributed by atoms with van der Waals surface area (Å²) >= 11 is 0. The van der Waals surface area contributed by atoms with Crippen molar-refractivity contribution in [2.75, 3.05) is 31.8 Å². The van der Waals surface area contributed by atoms with E-state index in [1.165, 1.54) is 12.1 Å². The van der Waals surface area contributed by atoms with Gasteiger partial charge in [-0.2, -0.15) is 17.5 Å². The van der Waals surface area contributed by atoms with Crippen molar-refractivity contribution >= 4 is 27.6 Å². The molecule has 10 nitrogen and oxygen atoms in total. The summed E-state index contributed by atoms with van der Waals surface area (Å²) in [4.78, 5) is 29.4. The van der Waals surface area contributed by atoms with Crippen molar-refractivity contribution in [3.63, 3.8) is 0 Å². The summed E-state index contributed by atoms with van der Waals surface area (Å²) in [5.74, 6) is -15.8. The quantitative estimate of drug-likeness (QED) is 0.0597. The highest BCUT2D eigenvalue weighted by atomic mass is 32.2. The molecule has 3 aromatic carbocycles. The normalized spacial score (nSPS) is 13.5. The van der Waals surface area contributed by atoms with Crippen LogP contribution in [0.2, 0.25) is 0 Å². The first kappa shape index (κ1) is 44.0. The summed E-state index contributed by atoms with van der Waals surface area (Å²) in [5.41, 5.74) is -0.808. The van der Waals surface area contributed by atoms with Gasteiger partial charge in [-0.15, -0.1) is 0 Å². The number of alkyl halides is 3. The molecule has 1 amide bonds. The lowest BCUT2D eigenvalue weighted by Gasteiger charge is -2.30. The maximum absolute atomic E-state index is 15.2. The van der Waals surface area contributed by atoms with Gasteiger partial charge in [-0.3, -0.25) is 9.78 Å². The number of aliphatic hydroxyl groups is 1. The summed E-state index contributed by atoms with van der Waals surface area (Å²) in [6.45, 7) is 1.57. The van der Waals surface area contributed by atoms with E-state index in [1.54, 1.807) is 12.1 Å². The van der Waals surface area contributed by atoms with Crippen LogP contribution < -0.4 is 9.64 Å². The summed E-state index contributed by atoms with van der Waals surface area (Å²) < 4.78 is 154. The molecular formula is C39H37F8N3O7S. The van der Waals surface area contributed by atoms with Gasteiger partial charge in [-0.25, -0.2) is 35.2 Å². The van der Waals surface area contributed by atoms with Crippen molar-refractivity contribution in [2.45, 2.75) is 69.1 Å². The van der Waals surface area contributed by atoms with Crippen LogP contribution in [0.1, 0.15) is 77.7 Å². The van der Waals surface area contributed by atoms with Crippen LogP contribution in [-0.4, -0.2) is 61.6 Å². The van der Waals surface area contributed by atoms with Crippen LogP contribution in [0.15, 0.2) is 59.8 Å². The largest absolute Gasteiger partial charge is 0.495 e. The predicted octanol–water partition coefficient (Wildman–Crippen LogP) is 7.55. The van der Waals surface area contributed by atoms with Gasteiger partial charge in [0.15, 0.2) is 28.2 Å². The first-order valence-corrected chi connectivity index (χ1v) is 19.0. The third-order valence-electron chi connectivity index (χ3n) is 9.24. The van der Waals surface area contributed by atoms with Gasteiger partial charge < -0.3 is 19.5 Å². The minimum atomic E-state index is -6.07. The zero-order chi connectivity index (χ0) is 42.9. The van der Waals surface area contributed by atoms with Crippen LogP contribution in [0.3, 0.4) is 0 Å². The second-order valence-corrected chi connectivity index (χ2v) is 16.3. The molecule has 0 radical (unpaired) electrons. The van der Waals surface area contributed by atoms with Gasteiger partial charge >= 0.3 is 12.1 Å². The van der Waals surface area contributed by atoms with Crippen molar-refractivity contribution in [2.24, 2.45) is 0 Å². The van der Waals surface area contributed by atoms with Gasteiger partial charge in [0.2, 0.25) is 21.7 Å². The molecule has 0 aliphatic heterocycles.